The van der Waals surface area contributed by atoms with Crippen LogP contribution in [0.2, 0.25) is 0 Å². The molecule has 2 aromatic carbocycles. The van der Waals surface area contributed by atoms with Crippen molar-refractivity contribution in [1.82, 2.24) is 0 Å². The van der Waals surface area contributed by atoms with Crippen molar-refractivity contribution in [3.8, 4) is 5.75 Å². The van der Waals surface area contributed by atoms with E-state index in [1.54, 1.807) is 12.1 Å². The van der Waals surface area contributed by atoms with E-state index in [4.69, 9.17) is 5.73 Å². The van der Waals surface area contributed by atoms with Crippen molar-refractivity contribution in [1.29, 1.82) is 0 Å². The number of carbonyl (C=O) groups excluding carboxylic acids is 1. The third-order valence-electron chi connectivity index (χ3n) is 3.37. The number of hydrogen-bond donors (Lipinski definition) is 4. The zero-order chi connectivity index (χ0) is 15.5. The molecule has 0 heterocycles. The van der Waals surface area contributed by atoms with E-state index in [1.165, 1.54) is 18.2 Å². The monoisotopic (exact) mass is 287 g/mol. The number of aldehydes is 1. The second-order valence-electron chi connectivity index (χ2n) is 4.93. The first-order chi connectivity index (χ1) is 9.95. The molecule has 0 spiro atoms. The lowest BCUT2D eigenvalue weighted by atomic mass is 9.91. The fourth-order valence-corrected chi connectivity index (χ4v) is 2.12. The van der Waals surface area contributed by atoms with Gasteiger partial charge in [-0.25, -0.2) is 0 Å². The van der Waals surface area contributed by atoms with Gasteiger partial charge in [0.1, 0.15) is 18.1 Å². The highest BCUT2D eigenvalue weighted by molar-refractivity contribution is 5.75. The average molecular weight is 287 g/mol. The fraction of sp³-hybridized carbons (Fsp3) is 0.188. The average Bonchev–Trinajstić information content (AvgIpc) is 2.48. The Morgan fingerprint density at radius 2 is 1.86 bits per heavy atom. The zero-order valence-electron chi connectivity index (χ0n) is 11.3. The van der Waals surface area contributed by atoms with Gasteiger partial charge in [-0.15, -0.1) is 0 Å². The molecular formula is C16H17NO4. The first-order valence-electron chi connectivity index (χ1n) is 6.47. The quantitative estimate of drug-likeness (QED) is 0.483. The molecule has 0 fully saturated rings. The summed E-state index contributed by atoms with van der Waals surface area (Å²) in [6, 6.07) is 12.9. The predicted molar refractivity (Wildman–Crippen MR) is 77.7 cm³/mol. The second kappa shape index (κ2) is 6.05. The van der Waals surface area contributed by atoms with Crippen LogP contribution in [0.4, 0.5) is 0 Å². The van der Waals surface area contributed by atoms with Crippen LogP contribution in [0.25, 0.3) is 0 Å². The van der Waals surface area contributed by atoms with Gasteiger partial charge in [0.05, 0.1) is 0 Å². The SMILES string of the molecule is N[C@@](O)(c1cc(C=O)ccc1O)[C@H](O)Cc1ccccc1. The number of phenolic OH excluding ortho intramolecular Hbond substituents is 1. The van der Waals surface area contributed by atoms with Gasteiger partial charge in [-0.05, 0) is 23.8 Å². The van der Waals surface area contributed by atoms with E-state index in [-0.39, 0.29) is 23.3 Å². The van der Waals surface area contributed by atoms with Gasteiger partial charge in [-0.2, -0.15) is 0 Å². The smallest absolute Gasteiger partial charge is 0.169 e. The van der Waals surface area contributed by atoms with Crippen molar-refractivity contribution >= 4 is 6.29 Å². The third kappa shape index (κ3) is 3.28. The van der Waals surface area contributed by atoms with Gasteiger partial charge in [-0.3, -0.25) is 10.5 Å². The Balaban J connectivity index is 2.30. The molecule has 2 atom stereocenters. The summed E-state index contributed by atoms with van der Waals surface area (Å²) in [5.74, 6) is -0.280. The molecule has 110 valence electrons. The lowest BCUT2D eigenvalue weighted by Crippen LogP contribution is -2.49. The van der Waals surface area contributed by atoms with Gasteiger partial charge in [0.15, 0.2) is 5.72 Å². The van der Waals surface area contributed by atoms with Crippen molar-refractivity contribution in [3.63, 3.8) is 0 Å². The summed E-state index contributed by atoms with van der Waals surface area (Å²) in [5.41, 5.74) is 4.57. The maximum Gasteiger partial charge on any atom is 0.169 e. The fourth-order valence-electron chi connectivity index (χ4n) is 2.12. The molecule has 0 radical (unpaired) electrons. The number of nitrogens with two attached hydrogens (primary N) is 1. The third-order valence-corrected chi connectivity index (χ3v) is 3.37. The first-order valence-corrected chi connectivity index (χ1v) is 6.47. The Hall–Kier alpha value is -2.21. The lowest BCUT2D eigenvalue weighted by molar-refractivity contribution is -0.0768. The minimum absolute atomic E-state index is 0.0875. The molecule has 0 saturated heterocycles. The van der Waals surface area contributed by atoms with Crippen LogP contribution in [0, 0.1) is 0 Å². The van der Waals surface area contributed by atoms with E-state index in [0.29, 0.717) is 6.29 Å². The van der Waals surface area contributed by atoms with Gasteiger partial charge in [0.2, 0.25) is 0 Å². The largest absolute Gasteiger partial charge is 0.508 e. The normalized spacial score (nSPS) is 15.2. The van der Waals surface area contributed by atoms with Gasteiger partial charge >= 0.3 is 0 Å². The summed E-state index contributed by atoms with van der Waals surface area (Å²) in [4.78, 5) is 10.8. The molecule has 0 amide bonds. The number of aliphatic hydroxyl groups is 2. The molecule has 5 heteroatoms. The highest BCUT2D eigenvalue weighted by atomic mass is 16.4. The number of aliphatic hydroxyl groups excluding tert-OH is 1. The molecule has 21 heavy (non-hydrogen) atoms. The van der Waals surface area contributed by atoms with Crippen molar-refractivity contribution in [2.24, 2.45) is 5.73 Å². The highest BCUT2D eigenvalue weighted by Crippen LogP contribution is 2.30. The Morgan fingerprint density at radius 1 is 1.19 bits per heavy atom. The molecule has 0 saturated carbocycles. The van der Waals surface area contributed by atoms with Gasteiger partial charge in [0.25, 0.3) is 0 Å². The van der Waals surface area contributed by atoms with E-state index in [2.05, 4.69) is 0 Å². The van der Waals surface area contributed by atoms with Crippen LogP contribution in [0.5, 0.6) is 5.75 Å². The highest BCUT2D eigenvalue weighted by Gasteiger charge is 2.35. The summed E-state index contributed by atoms with van der Waals surface area (Å²) in [6.45, 7) is 0. The van der Waals surface area contributed by atoms with Gasteiger partial charge in [-0.1, -0.05) is 30.3 Å². The summed E-state index contributed by atoms with van der Waals surface area (Å²) < 4.78 is 0. The van der Waals surface area contributed by atoms with Crippen LogP contribution in [0.15, 0.2) is 48.5 Å². The number of aromatic hydroxyl groups is 1. The number of rotatable bonds is 5. The molecule has 5 N–H and O–H groups in total. The summed E-state index contributed by atoms with van der Waals surface area (Å²) in [5, 5.41) is 30.4. The number of benzene rings is 2. The molecule has 0 aliphatic rings. The number of hydrogen-bond acceptors (Lipinski definition) is 5. The number of phenols is 1. The van der Waals surface area contributed by atoms with Crippen molar-refractivity contribution in [3.05, 3.63) is 65.2 Å². The van der Waals surface area contributed by atoms with Gasteiger partial charge < -0.3 is 15.3 Å². The lowest BCUT2D eigenvalue weighted by Gasteiger charge is -2.30. The van der Waals surface area contributed by atoms with Crippen LogP contribution >= 0.6 is 0 Å². The maximum absolute atomic E-state index is 10.8. The van der Waals surface area contributed by atoms with Crippen molar-refractivity contribution < 1.29 is 20.1 Å². The Labute approximate surface area is 122 Å². The Morgan fingerprint density at radius 3 is 2.48 bits per heavy atom. The molecule has 0 aromatic heterocycles. The summed E-state index contributed by atoms with van der Waals surface area (Å²) >= 11 is 0. The van der Waals surface area contributed by atoms with Crippen LogP contribution in [0.1, 0.15) is 21.5 Å². The van der Waals surface area contributed by atoms with E-state index in [9.17, 15) is 20.1 Å². The van der Waals surface area contributed by atoms with Crippen LogP contribution in [-0.4, -0.2) is 27.7 Å². The standard InChI is InChI=1S/C16H17NO4/c17-16(21,13-8-12(10-18)6-7-14(13)19)15(20)9-11-4-2-1-3-5-11/h1-8,10,15,19-21H,9,17H2/t15-,16-/m1/s1. The van der Waals surface area contributed by atoms with E-state index in [0.717, 1.165) is 5.56 Å². The Bertz CT molecular complexity index is 625. The molecule has 5 nitrogen and oxygen atoms in total. The van der Waals surface area contributed by atoms with Crippen molar-refractivity contribution in [2.45, 2.75) is 18.2 Å². The van der Waals surface area contributed by atoms with Crippen LogP contribution < -0.4 is 5.73 Å². The summed E-state index contributed by atoms with van der Waals surface area (Å²) in [6.07, 6.45) is -0.658. The first kappa shape index (κ1) is 15.2. The molecule has 0 bridgehead atoms. The van der Waals surface area contributed by atoms with Gasteiger partial charge in [0, 0.05) is 17.5 Å². The van der Waals surface area contributed by atoms with Crippen LogP contribution in [0.3, 0.4) is 0 Å². The van der Waals surface area contributed by atoms with Crippen molar-refractivity contribution in [2.75, 3.05) is 0 Å². The topological polar surface area (TPSA) is 104 Å². The molecule has 0 unspecified atom stereocenters. The van der Waals surface area contributed by atoms with E-state index < -0.39 is 11.8 Å². The minimum atomic E-state index is -2.17. The summed E-state index contributed by atoms with van der Waals surface area (Å²) in [7, 11) is 0. The minimum Gasteiger partial charge on any atom is -0.508 e. The van der Waals surface area contributed by atoms with Crippen LogP contribution in [-0.2, 0) is 12.1 Å². The molecular weight excluding hydrogens is 270 g/mol. The van der Waals surface area contributed by atoms with E-state index in [1.807, 2.05) is 18.2 Å². The number of carbonyl (C=O) groups is 1. The molecule has 0 aliphatic carbocycles. The van der Waals surface area contributed by atoms with E-state index >= 15 is 0 Å². The zero-order valence-corrected chi connectivity index (χ0v) is 11.3. The molecule has 2 rings (SSSR count). The second-order valence-corrected chi connectivity index (χ2v) is 4.93. The maximum atomic E-state index is 10.8. The predicted octanol–water partition coefficient (Wildman–Crippen LogP) is 0.912. The Kier molecular flexibility index (Phi) is 4.37. The molecule has 2 aromatic rings. The molecule has 0 aliphatic heterocycles.